The first kappa shape index (κ1) is 16.3. The molecule has 7 heteroatoms. The monoisotopic (exact) mass is 382 g/mol. The molecule has 0 unspecified atom stereocenters. The van der Waals surface area contributed by atoms with E-state index < -0.39 is 0 Å². The molecule has 0 saturated heterocycles. The fourth-order valence-corrected chi connectivity index (χ4v) is 2.14. The lowest BCUT2D eigenvalue weighted by Gasteiger charge is -2.06. The van der Waals surface area contributed by atoms with E-state index in [1.165, 1.54) is 19.4 Å². The molecule has 22 heavy (non-hydrogen) atoms. The minimum Gasteiger partial charge on any atom is -0.503 e. The number of hydrogen-bond donors (Lipinski definition) is 2. The number of phenolic OH excluding ortho intramolecular Hbond substituents is 1. The maximum absolute atomic E-state index is 11.9. The lowest BCUT2D eigenvalue weighted by molar-refractivity contribution is 0.0955. The Kier molecular flexibility index (Phi) is 5.41. The van der Waals surface area contributed by atoms with Gasteiger partial charge in [0.05, 0.1) is 18.3 Å². The third-order valence-electron chi connectivity index (χ3n) is 2.76. The van der Waals surface area contributed by atoms with E-state index >= 15 is 0 Å². The Labute approximate surface area is 140 Å². The number of benzene rings is 2. The number of aromatic hydroxyl groups is 1. The Hall–Kier alpha value is -2.05. The van der Waals surface area contributed by atoms with Crippen molar-refractivity contribution in [2.24, 2.45) is 5.10 Å². The van der Waals surface area contributed by atoms with Gasteiger partial charge in [0.15, 0.2) is 11.5 Å². The van der Waals surface area contributed by atoms with Crippen LogP contribution in [-0.2, 0) is 0 Å². The highest BCUT2D eigenvalue weighted by Crippen LogP contribution is 2.34. The molecule has 0 spiro atoms. The molecule has 0 atom stereocenters. The summed E-state index contributed by atoms with van der Waals surface area (Å²) in [6.07, 6.45) is 1.41. The van der Waals surface area contributed by atoms with E-state index in [-0.39, 0.29) is 22.4 Å². The summed E-state index contributed by atoms with van der Waals surface area (Å²) >= 11 is 9.16. The van der Waals surface area contributed by atoms with E-state index in [1.54, 1.807) is 30.3 Å². The number of amides is 1. The molecule has 2 aromatic carbocycles. The number of ether oxygens (including phenoxy) is 1. The highest BCUT2D eigenvalue weighted by atomic mass is 79.9. The van der Waals surface area contributed by atoms with Gasteiger partial charge in [0.2, 0.25) is 0 Å². The summed E-state index contributed by atoms with van der Waals surface area (Å²) in [6, 6.07) is 9.95. The largest absolute Gasteiger partial charge is 0.503 e. The summed E-state index contributed by atoms with van der Waals surface area (Å²) in [5.74, 6) is -0.242. The first-order valence-corrected chi connectivity index (χ1v) is 7.34. The first-order valence-electron chi connectivity index (χ1n) is 6.16. The Bertz CT molecular complexity index is 717. The van der Waals surface area contributed by atoms with Gasteiger partial charge in [0, 0.05) is 10.0 Å². The Morgan fingerprint density at radius 1 is 1.36 bits per heavy atom. The molecule has 0 saturated carbocycles. The van der Waals surface area contributed by atoms with Crippen LogP contribution in [0.5, 0.6) is 11.5 Å². The highest BCUT2D eigenvalue weighted by Gasteiger charge is 2.08. The van der Waals surface area contributed by atoms with E-state index in [9.17, 15) is 9.90 Å². The molecule has 0 fully saturated rings. The van der Waals surface area contributed by atoms with Gasteiger partial charge in [-0.25, -0.2) is 5.43 Å². The molecule has 2 aromatic rings. The second kappa shape index (κ2) is 7.29. The maximum atomic E-state index is 11.9. The van der Waals surface area contributed by atoms with Crippen LogP contribution in [0.2, 0.25) is 5.02 Å². The third kappa shape index (κ3) is 3.99. The quantitative estimate of drug-likeness (QED) is 0.626. The number of nitrogens with zero attached hydrogens (tertiary/aromatic N) is 1. The Balaban J connectivity index is 2.08. The molecule has 0 aliphatic heterocycles. The average Bonchev–Trinajstić information content (AvgIpc) is 2.51. The lowest BCUT2D eigenvalue weighted by Crippen LogP contribution is -2.17. The number of nitrogens with one attached hydrogen (secondary N) is 1. The van der Waals surface area contributed by atoms with Gasteiger partial charge in [0.25, 0.3) is 5.91 Å². The predicted octanol–water partition coefficient (Wildman–Crippen LogP) is 3.58. The van der Waals surface area contributed by atoms with E-state index in [4.69, 9.17) is 16.3 Å². The van der Waals surface area contributed by atoms with Crippen molar-refractivity contribution in [3.8, 4) is 11.5 Å². The molecule has 0 bridgehead atoms. The Morgan fingerprint density at radius 2 is 2.05 bits per heavy atom. The molecular weight excluding hydrogens is 372 g/mol. The summed E-state index contributed by atoms with van der Waals surface area (Å²) in [6.45, 7) is 0. The van der Waals surface area contributed by atoms with Crippen molar-refractivity contribution >= 4 is 39.7 Å². The van der Waals surface area contributed by atoms with Crippen LogP contribution in [-0.4, -0.2) is 24.3 Å². The van der Waals surface area contributed by atoms with Gasteiger partial charge in [-0.15, -0.1) is 0 Å². The zero-order valence-corrected chi connectivity index (χ0v) is 13.9. The zero-order chi connectivity index (χ0) is 16.1. The molecular formula is C15H12BrClN2O3. The van der Waals surface area contributed by atoms with Gasteiger partial charge in [0.1, 0.15) is 0 Å². The van der Waals surface area contributed by atoms with Gasteiger partial charge in [-0.2, -0.15) is 5.10 Å². The highest BCUT2D eigenvalue weighted by molar-refractivity contribution is 9.10. The third-order valence-corrected chi connectivity index (χ3v) is 3.57. The van der Waals surface area contributed by atoms with Crippen LogP contribution < -0.4 is 10.2 Å². The second-order valence-electron chi connectivity index (χ2n) is 4.26. The van der Waals surface area contributed by atoms with Gasteiger partial charge in [-0.1, -0.05) is 27.5 Å². The topological polar surface area (TPSA) is 70.9 Å². The lowest BCUT2D eigenvalue weighted by atomic mass is 10.2. The molecule has 0 heterocycles. The molecule has 0 radical (unpaired) electrons. The Morgan fingerprint density at radius 3 is 2.68 bits per heavy atom. The number of phenols is 1. The number of hydrogen-bond acceptors (Lipinski definition) is 4. The minimum absolute atomic E-state index is 0.139. The fourth-order valence-electron chi connectivity index (χ4n) is 1.66. The summed E-state index contributed by atoms with van der Waals surface area (Å²) in [4.78, 5) is 11.9. The van der Waals surface area contributed by atoms with E-state index in [0.717, 1.165) is 4.47 Å². The molecule has 0 aliphatic carbocycles. The SMILES string of the molecule is COc1cc(/C=N\NC(=O)c2ccc(Br)cc2)cc(Cl)c1O. The molecule has 2 rings (SSSR count). The number of carbonyl (C=O) groups excluding carboxylic acids is 1. The molecule has 1 amide bonds. The van der Waals surface area contributed by atoms with Crippen molar-refractivity contribution in [2.75, 3.05) is 7.11 Å². The van der Waals surface area contributed by atoms with Crippen molar-refractivity contribution in [1.29, 1.82) is 0 Å². The predicted molar refractivity (Wildman–Crippen MR) is 88.9 cm³/mol. The summed E-state index contributed by atoms with van der Waals surface area (Å²) in [7, 11) is 1.42. The van der Waals surface area contributed by atoms with Crippen molar-refractivity contribution in [2.45, 2.75) is 0 Å². The first-order chi connectivity index (χ1) is 10.5. The standard InChI is InChI=1S/C15H12BrClN2O3/c1-22-13-7-9(6-12(17)14(13)20)8-18-19-15(21)10-2-4-11(16)5-3-10/h2-8,20H,1H3,(H,19,21)/b18-8-. The van der Waals surface area contributed by atoms with Crippen molar-refractivity contribution in [3.63, 3.8) is 0 Å². The van der Waals surface area contributed by atoms with Crippen LogP contribution in [0, 0.1) is 0 Å². The molecule has 0 aliphatic rings. The molecule has 114 valence electrons. The number of rotatable bonds is 4. The second-order valence-corrected chi connectivity index (χ2v) is 5.58. The van der Waals surface area contributed by atoms with Crippen LogP contribution >= 0.6 is 27.5 Å². The zero-order valence-electron chi connectivity index (χ0n) is 11.5. The van der Waals surface area contributed by atoms with Gasteiger partial charge in [-0.3, -0.25) is 4.79 Å². The van der Waals surface area contributed by atoms with Gasteiger partial charge in [-0.05, 0) is 42.0 Å². The van der Waals surface area contributed by atoms with Gasteiger partial charge >= 0.3 is 0 Å². The normalized spacial score (nSPS) is 10.7. The van der Waals surface area contributed by atoms with E-state index in [0.29, 0.717) is 11.1 Å². The number of hydrazone groups is 1. The van der Waals surface area contributed by atoms with Crippen LogP contribution in [0.3, 0.4) is 0 Å². The fraction of sp³-hybridized carbons (Fsp3) is 0.0667. The average molecular weight is 384 g/mol. The van der Waals surface area contributed by atoms with Crippen molar-refractivity contribution < 1.29 is 14.6 Å². The summed E-state index contributed by atoms with van der Waals surface area (Å²) in [5.41, 5.74) is 3.47. The molecule has 2 N–H and O–H groups in total. The smallest absolute Gasteiger partial charge is 0.271 e. The molecule has 0 aromatic heterocycles. The number of methoxy groups -OCH3 is 1. The van der Waals surface area contributed by atoms with Crippen LogP contribution in [0.4, 0.5) is 0 Å². The summed E-state index contributed by atoms with van der Waals surface area (Å²) in [5, 5.41) is 13.6. The minimum atomic E-state index is -0.333. The van der Waals surface area contributed by atoms with Gasteiger partial charge < -0.3 is 9.84 Å². The maximum Gasteiger partial charge on any atom is 0.271 e. The number of halogens is 2. The van der Waals surface area contributed by atoms with Crippen LogP contribution in [0.1, 0.15) is 15.9 Å². The van der Waals surface area contributed by atoms with Crippen LogP contribution in [0.25, 0.3) is 0 Å². The van der Waals surface area contributed by atoms with E-state index in [2.05, 4.69) is 26.5 Å². The summed E-state index contributed by atoms with van der Waals surface area (Å²) < 4.78 is 5.87. The van der Waals surface area contributed by atoms with Crippen molar-refractivity contribution in [1.82, 2.24) is 5.43 Å². The van der Waals surface area contributed by atoms with E-state index in [1.807, 2.05) is 0 Å². The van der Waals surface area contributed by atoms with Crippen LogP contribution in [0.15, 0.2) is 46.0 Å². The molecule has 5 nitrogen and oxygen atoms in total. The van der Waals surface area contributed by atoms with Crippen molar-refractivity contribution in [3.05, 3.63) is 57.0 Å². The number of carbonyl (C=O) groups is 1.